The third kappa shape index (κ3) is 4.72. The molecular formula is C24H26N4O8S. The molecule has 2 aromatic carbocycles. The van der Waals surface area contributed by atoms with Crippen LogP contribution in [0.5, 0.6) is 11.5 Å². The van der Waals surface area contributed by atoms with Crippen LogP contribution in [0.2, 0.25) is 0 Å². The third-order valence-corrected chi connectivity index (χ3v) is 8.35. The molecule has 0 saturated carbocycles. The van der Waals surface area contributed by atoms with E-state index in [9.17, 15) is 22.8 Å². The Morgan fingerprint density at radius 3 is 2.38 bits per heavy atom. The molecule has 5 rings (SSSR count). The topological polar surface area (TPSA) is 144 Å². The number of nitrogens with one attached hydrogen (secondary N) is 2. The van der Waals surface area contributed by atoms with Gasteiger partial charge in [-0.15, -0.1) is 0 Å². The lowest BCUT2D eigenvalue weighted by Gasteiger charge is -2.26. The molecule has 0 aliphatic carbocycles. The number of imide groups is 1. The highest BCUT2D eigenvalue weighted by atomic mass is 32.2. The third-order valence-electron chi connectivity index (χ3n) is 6.44. The van der Waals surface area contributed by atoms with Crippen LogP contribution in [0, 0.1) is 0 Å². The summed E-state index contributed by atoms with van der Waals surface area (Å²) >= 11 is 0. The molecule has 0 radical (unpaired) electrons. The Labute approximate surface area is 213 Å². The van der Waals surface area contributed by atoms with Crippen LogP contribution >= 0.6 is 0 Å². The van der Waals surface area contributed by atoms with Gasteiger partial charge in [-0.2, -0.15) is 4.31 Å². The summed E-state index contributed by atoms with van der Waals surface area (Å²) in [6, 6.07) is 9.98. The minimum absolute atomic E-state index is 0.0942. The van der Waals surface area contributed by atoms with Gasteiger partial charge in [-0.3, -0.25) is 14.5 Å². The van der Waals surface area contributed by atoms with Crippen LogP contribution in [0.3, 0.4) is 0 Å². The quantitative estimate of drug-likeness (QED) is 0.524. The smallest absolute Gasteiger partial charge is 0.325 e. The van der Waals surface area contributed by atoms with Crippen LogP contribution in [0.15, 0.2) is 47.4 Å². The van der Waals surface area contributed by atoms with E-state index in [-0.39, 0.29) is 18.0 Å². The van der Waals surface area contributed by atoms with Gasteiger partial charge in [-0.1, -0.05) is 6.07 Å². The maximum absolute atomic E-state index is 13.2. The fraction of sp³-hybridized carbons (Fsp3) is 0.375. The van der Waals surface area contributed by atoms with Gasteiger partial charge in [0.25, 0.3) is 5.91 Å². The molecule has 1 atom stereocenters. The van der Waals surface area contributed by atoms with Crippen molar-refractivity contribution in [1.29, 1.82) is 0 Å². The highest BCUT2D eigenvalue weighted by Crippen LogP contribution is 2.36. The summed E-state index contributed by atoms with van der Waals surface area (Å²) in [6.07, 6.45) is 0. The molecule has 3 aliphatic rings. The molecule has 3 heterocycles. The Morgan fingerprint density at radius 1 is 1.00 bits per heavy atom. The normalized spacial score (nSPS) is 22.0. The number of hydrogen-bond donors (Lipinski definition) is 2. The van der Waals surface area contributed by atoms with Gasteiger partial charge in [-0.05, 0) is 48.9 Å². The Balaban J connectivity index is 1.24. The summed E-state index contributed by atoms with van der Waals surface area (Å²) in [5.41, 5.74) is -0.564. The zero-order chi connectivity index (χ0) is 26.2. The average Bonchev–Trinajstić information content (AvgIpc) is 3.13. The molecule has 0 aromatic heterocycles. The number of sulfonamides is 1. The maximum atomic E-state index is 13.2. The standard InChI is InChI=1S/C24H26N4O8S/c1-24(16-2-7-19-20(14-16)36-13-12-35-19)22(30)28(23(31)26-24)15-21(29)25-17-3-5-18(6-4-17)37(32,33)27-8-10-34-11-9-27/h2-7,14H,8-13,15H2,1H3,(H,25,29)(H,26,31)/t24-/m1/s1. The summed E-state index contributed by atoms with van der Waals surface area (Å²) in [5, 5.41) is 5.26. The van der Waals surface area contributed by atoms with Crippen molar-refractivity contribution in [2.45, 2.75) is 17.4 Å². The highest BCUT2D eigenvalue weighted by Gasteiger charge is 2.49. The lowest BCUT2D eigenvalue weighted by molar-refractivity contribution is -0.133. The van der Waals surface area contributed by atoms with Crippen molar-refractivity contribution in [3.05, 3.63) is 48.0 Å². The van der Waals surface area contributed by atoms with Gasteiger partial charge >= 0.3 is 6.03 Å². The van der Waals surface area contributed by atoms with Crippen LogP contribution < -0.4 is 20.1 Å². The van der Waals surface area contributed by atoms with E-state index in [2.05, 4.69) is 10.6 Å². The number of benzene rings is 2. The molecule has 196 valence electrons. The van der Waals surface area contributed by atoms with Gasteiger partial charge in [0.2, 0.25) is 15.9 Å². The molecule has 2 N–H and O–H groups in total. The number of rotatable bonds is 6. The number of nitrogens with zero attached hydrogens (tertiary/aromatic N) is 2. The minimum Gasteiger partial charge on any atom is -0.486 e. The van der Waals surface area contributed by atoms with E-state index in [1.807, 2.05) is 0 Å². The first-order valence-electron chi connectivity index (χ1n) is 11.7. The number of urea groups is 1. The SMILES string of the molecule is C[C@]1(c2ccc3c(c2)OCCO3)NC(=O)N(CC(=O)Nc2ccc(S(=O)(=O)N3CCOCC3)cc2)C1=O. The Morgan fingerprint density at radius 2 is 1.68 bits per heavy atom. The van der Waals surface area contributed by atoms with Crippen molar-refractivity contribution in [1.82, 2.24) is 14.5 Å². The van der Waals surface area contributed by atoms with E-state index in [0.717, 1.165) is 4.90 Å². The summed E-state index contributed by atoms with van der Waals surface area (Å²) in [6.45, 7) is 3.07. The summed E-state index contributed by atoms with van der Waals surface area (Å²) in [7, 11) is -3.67. The molecule has 12 nitrogen and oxygen atoms in total. The number of ether oxygens (including phenoxy) is 3. The first-order chi connectivity index (χ1) is 17.7. The van der Waals surface area contributed by atoms with Crippen LogP contribution in [0.4, 0.5) is 10.5 Å². The molecule has 0 bridgehead atoms. The molecule has 0 unspecified atom stereocenters. The molecule has 2 saturated heterocycles. The number of carbonyl (C=O) groups is 3. The molecule has 3 aliphatic heterocycles. The van der Waals surface area contributed by atoms with Crippen molar-refractivity contribution in [2.24, 2.45) is 0 Å². The van der Waals surface area contributed by atoms with E-state index < -0.39 is 40.0 Å². The van der Waals surface area contributed by atoms with Gasteiger partial charge in [-0.25, -0.2) is 13.2 Å². The highest BCUT2D eigenvalue weighted by molar-refractivity contribution is 7.89. The second kappa shape index (κ2) is 9.65. The number of hydrogen-bond acceptors (Lipinski definition) is 8. The zero-order valence-electron chi connectivity index (χ0n) is 20.1. The van der Waals surface area contributed by atoms with Crippen molar-refractivity contribution in [3.63, 3.8) is 0 Å². The summed E-state index contributed by atoms with van der Waals surface area (Å²) < 4.78 is 43.2. The average molecular weight is 531 g/mol. The Kier molecular flexibility index (Phi) is 6.52. The molecule has 4 amide bonds. The van der Waals surface area contributed by atoms with Gasteiger partial charge < -0.3 is 24.8 Å². The lowest BCUT2D eigenvalue weighted by atomic mass is 9.91. The van der Waals surface area contributed by atoms with E-state index in [0.29, 0.717) is 49.2 Å². The number of anilines is 1. The minimum atomic E-state index is -3.67. The maximum Gasteiger partial charge on any atom is 0.325 e. The van der Waals surface area contributed by atoms with Crippen LogP contribution in [0.1, 0.15) is 12.5 Å². The predicted molar refractivity (Wildman–Crippen MR) is 130 cm³/mol. The van der Waals surface area contributed by atoms with Crippen molar-refractivity contribution in [2.75, 3.05) is 51.4 Å². The first kappa shape index (κ1) is 25.0. The van der Waals surface area contributed by atoms with Crippen LogP contribution in [0.25, 0.3) is 0 Å². The summed E-state index contributed by atoms with van der Waals surface area (Å²) in [4.78, 5) is 39.4. The predicted octanol–water partition coefficient (Wildman–Crippen LogP) is 0.884. The molecular weight excluding hydrogens is 504 g/mol. The van der Waals surface area contributed by atoms with Crippen molar-refractivity contribution >= 4 is 33.6 Å². The zero-order valence-corrected chi connectivity index (χ0v) is 20.9. The molecule has 0 spiro atoms. The van der Waals surface area contributed by atoms with E-state index in [1.54, 1.807) is 25.1 Å². The Bertz CT molecular complexity index is 1340. The molecule has 37 heavy (non-hydrogen) atoms. The molecule has 2 fully saturated rings. The molecule has 2 aromatic rings. The van der Waals surface area contributed by atoms with E-state index in [1.165, 1.54) is 28.6 Å². The number of amides is 4. The Hall–Kier alpha value is -3.68. The second-order valence-corrected chi connectivity index (χ2v) is 10.8. The number of fused-ring (bicyclic) bond motifs is 1. The fourth-order valence-electron chi connectivity index (χ4n) is 4.38. The lowest BCUT2D eigenvalue weighted by Crippen LogP contribution is -2.42. The van der Waals surface area contributed by atoms with Crippen LogP contribution in [-0.4, -0.2) is 81.5 Å². The van der Waals surface area contributed by atoms with Gasteiger partial charge in [0.05, 0.1) is 18.1 Å². The number of carbonyl (C=O) groups excluding carboxylic acids is 3. The van der Waals surface area contributed by atoms with E-state index in [4.69, 9.17) is 14.2 Å². The fourth-order valence-corrected chi connectivity index (χ4v) is 5.79. The molecule has 13 heteroatoms. The van der Waals surface area contributed by atoms with E-state index >= 15 is 0 Å². The van der Waals surface area contributed by atoms with Crippen molar-refractivity contribution in [3.8, 4) is 11.5 Å². The monoisotopic (exact) mass is 530 g/mol. The van der Waals surface area contributed by atoms with Crippen LogP contribution in [-0.2, 0) is 29.9 Å². The van der Waals surface area contributed by atoms with Crippen molar-refractivity contribution < 1.29 is 37.0 Å². The number of morpholine rings is 1. The largest absolute Gasteiger partial charge is 0.486 e. The van der Waals surface area contributed by atoms with Gasteiger partial charge in [0.15, 0.2) is 11.5 Å². The second-order valence-electron chi connectivity index (χ2n) is 8.89. The van der Waals surface area contributed by atoms with Gasteiger partial charge in [0, 0.05) is 18.8 Å². The first-order valence-corrected chi connectivity index (χ1v) is 13.1. The summed E-state index contributed by atoms with van der Waals surface area (Å²) in [5.74, 6) is -0.173. The van der Waals surface area contributed by atoms with Gasteiger partial charge in [0.1, 0.15) is 25.3 Å².